The van der Waals surface area contributed by atoms with Crippen LogP contribution in [0.2, 0.25) is 0 Å². The highest BCUT2D eigenvalue weighted by atomic mass is 79.9. The Labute approximate surface area is 237 Å². The van der Waals surface area contributed by atoms with Crippen LogP contribution in [0.4, 0.5) is 5.82 Å². The molecule has 1 amide bonds. The van der Waals surface area contributed by atoms with Gasteiger partial charge in [-0.25, -0.2) is 4.98 Å². The average molecular weight is 581 g/mol. The van der Waals surface area contributed by atoms with E-state index in [0.29, 0.717) is 23.5 Å². The molecule has 39 heavy (non-hydrogen) atoms. The van der Waals surface area contributed by atoms with E-state index in [1.807, 2.05) is 54.6 Å². The molecule has 6 nitrogen and oxygen atoms in total. The number of carbonyl (C=O) groups is 1. The van der Waals surface area contributed by atoms with Crippen LogP contribution in [0.3, 0.4) is 0 Å². The first-order chi connectivity index (χ1) is 19.1. The summed E-state index contributed by atoms with van der Waals surface area (Å²) in [6.07, 6.45) is 4.63. The third kappa shape index (κ3) is 5.40. The van der Waals surface area contributed by atoms with Crippen LogP contribution in [0.1, 0.15) is 47.2 Å². The summed E-state index contributed by atoms with van der Waals surface area (Å²) in [7, 11) is 0. The SMILES string of the molecule is N#Cc1ccc(-c2ccc3nc(NCc4cccc(Br)c4)cc(C(=O)N4CCCC4N4CCCC4)c3c2)cc1. The van der Waals surface area contributed by atoms with Gasteiger partial charge < -0.3 is 10.2 Å². The second kappa shape index (κ2) is 11.2. The number of anilines is 1. The zero-order valence-electron chi connectivity index (χ0n) is 21.7. The van der Waals surface area contributed by atoms with Gasteiger partial charge >= 0.3 is 0 Å². The first-order valence-corrected chi connectivity index (χ1v) is 14.4. The highest BCUT2D eigenvalue weighted by Crippen LogP contribution is 2.32. The minimum absolute atomic E-state index is 0.0688. The zero-order valence-corrected chi connectivity index (χ0v) is 23.3. The number of carbonyl (C=O) groups excluding carboxylic acids is 1. The summed E-state index contributed by atoms with van der Waals surface area (Å²) in [5, 5.41) is 13.5. The first-order valence-electron chi connectivity index (χ1n) is 13.6. The first kappa shape index (κ1) is 25.5. The third-order valence-electron chi connectivity index (χ3n) is 7.79. The number of benzene rings is 3. The molecule has 0 radical (unpaired) electrons. The van der Waals surface area contributed by atoms with Gasteiger partial charge in [0.15, 0.2) is 0 Å². The molecule has 3 heterocycles. The molecule has 2 saturated heterocycles. The number of pyridine rings is 1. The number of rotatable bonds is 6. The maximum absolute atomic E-state index is 14.2. The Morgan fingerprint density at radius 3 is 2.54 bits per heavy atom. The van der Waals surface area contributed by atoms with Gasteiger partial charge in [0.25, 0.3) is 5.91 Å². The minimum atomic E-state index is 0.0688. The summed E-state index contributed by atoms with van der Waals surface area (Å²) in [6, 6.07) is 25.9. The van der Waals surface area contributed by atoms with Crippen molar-refractivity contribution in [3.8, 4) is 17.2 Å². The smallest absolute Gasteiger partial charge is 0.255 e. The van der Waals surface area contributed by atoms with Crippen molar-refractivity contribution in [2.45, 2.75) is 38.4 Å². The normalized spacial score (nSPS) is 17.4. The van der Waals surface area contributed by atoms with Gasteiger partial charge in [-0.15, -0.1) is 0 Å². The standard InChI is InChI=1S/C32H30BrN5O/c33-26-6-3-5-23(17-26)21-35-30-19-28(32(39)38-16-4-7-31(38)37-14-1-2-15-37)27-18-25(12-13-29(27)36-30)24-10-8-22(20-34)9-11-24/h3,5-6,8-13,17-19,31H,1-2,4,7,14-16,21H2,(H,35,36). The van der Waals surface area contributed by atoms with E-state index in [-0.39, 0.29) is 12.1 Å². The fourth-order valence-corrected chi connectivity index (χ4v) is 6.26. The van der Waals surface area contributed by atoms with Crippen LogP contribution in [-0.2, 0) is 6.54 Å². The summed E-state index contributed by atoms with van der Waals surface area (Å²) < 4.78 is 1.03. The van der Waals surface area contributed by atoms with Crippen LogP contribution in [-0.4, -0.2) is 46.5 Å². The van der Waals surface area contributed by atoms with Crippen LogP contribution in [0.25, 0.3) is 22.0 Å². The van der Waals surface area contributed by atoms with E-state index in [4.69, 9.17) is 4.98 Å². The molecule has 3 aromatic carbocycles. The molecule has 7 heteroatoms. The molecule has 0 spiro atoms. The van der Waals surface area contributed by atoms with Crippen LogP contribution in [0, 0.1) is 11.3 Å². The van der Waals surface area contributed by atoms with E-state index < -0.39 is 0 Å². The molecule has 1 unspecified atom stereocenters. The highest BCUT2D eigenvalue weighted by molar-refractivity contribution is 9.10. The Morgan fingerprint density at radius 2 is 1.77 bits per heavy atom. The summed E-state index contributed by atoms with van der Waals surface area (Å²) in [5.74, 6) is 0.758. The average Bonchev–Trinajstić information content (AvgIpc) is 3.68. The van der Waals surface area contributed by atoms with Crippen molar-refractivity contribution >= 4 is 38.6 Å². The van der Waals surface area contributed by atoms with Crippen molar-refractivity contribution in [1.82, 2.24) is 14.8 Å². The van der Waals surface area contributed by atoms with Crippen molar-refractivity contribution in [2.24, 2.45) is 0 Å². The molecule has 2 fully saturated rings. The number of aromatic nitrogens is 1. The van der Waals surface area contributed by atoms with Crippen LogP contribution in [0.5, 0.6) is 0 Å². The molecular formula is C32H30BrN5O. The molecule has 1 aromatic heterocycles. The second-order valence-corrected chi connectivity index (χ2v) is 11.2. The van der Waals surface area contributed by atoms with E-state index in [1.54, 1.807) is 0 Å². The van der Waals surface area contributed by atoms with Crippen LogP contribution in [0.15, 0.2) is 77.3 Å². The summed E-state index contributed by atoms with van der Waals surface area (Å²) in [4.78, 5) is 23.7. The zero-order chi connectivity index (χ0) is 26.8. The Kier molecular flexibility index (Phi) is 7.32. The van der Waals surface area contributed by atoms with Crippen molar-refractivity contribution in [3.63, 3.8) is 0 Å². The number of nitrogens with zero attached hydrogens (tertiary/aromatic N) is 4. The van der Waals surface area contributed by atoms with E-state index in [0.717, 1.165) is 64.5 Å². The summed E-state index contributed by atoms with van der Waals surface area (Å²) in [6.45, 7) is 3.51. The molecule has 0 saturated carbocycles. The van der Waals surface area contributed by atoms with E-state index in [9.17, 15) is 10.1 Å². The number of amides is 1. The fourth-order valence-electron chi connectivity index (χ4n) is 5.81. The fraction of sp³-hybridized carbons (Fsp3) is 0.281. The van der Waals surface area contributed by atoms with Gasteiger partial charge in [0.1, 0.15) is 5.82 Å². The molecule has 2 aliphatic heterocycles. The highest BCUT2D eigenvalue weighted by Gasteiger charge is 2.35. The summed E-state index contributed by atoms with van der Waals surface area (Å²) >= 11 is 3.54. The third-order valence-corrected chi connectivity index (χ3v) is 8.29. The molecule has 196 valence electrons. The molecule has 1 N–H and O–H groups in total. The molecule has 4 aromatic rings. The van der Waals surface area contributed by atoms with E-state index >= 15 is 0 Å². The molecule has 0 aliphatic carbocycles. The maximum atomic E-state index is 14.2. The number of fused-ring (bicyclic) bond motifs is 1. The molecule has 2 aliphatic rings. The van der Waals surface area contributed by atoms with Gasteiger partial charge in [-0.1, -0.05) is 46.3 Å². The number of nitriles is 1. The van der Waals surface area contributed by atoms with Gasteiger partial charge in [0, 0.05) is 36.0 Å². The predicted octanol–water partition coefficient (Wildman–Crippen LogP) is 6.81. The molecule has 1 atom stereocenters. The van der Waals surface area contributed by atoms with E-state index in [1.165, 1.54) is 12.8 Å². The van der Waals surface area contributed by atoms with Crippen molar-refractivity contribution in [3.05, 3.63) is 94.0 Å². The lowest BCUT2D eigenvalue weighted by Gasteiger charge is -2.32. The van der Waals surface area contributed by atoms with Crippen LogP contribution >= 0.6 is 15.9 Å². The minimum Gasteiger partial charge on any atom is -0.366 e. The Morgan fingerprint density at radius 1 is 0.974 bits per heavy atom. The number of nitrogens with one attached hydrogen (secondary N) is 1. The van der Waals surface area contributed by atoms with Gasteiger partial charge in [0.2, 0.25) is 0 Å². The monoisotopic (exact) mass is 579 g/mol. The lowest BCUT2D eigenvalue weighted by Crippen LogP contribution is -2.46. The molecule has 0 bridgehead atoms. The number of likely N-dealkylation sites (tertiary alicyclic amines) is 2. The summed E-state index contributed by atoms with van der Waals surface area (Å²) in [5.41, 5.74) is 5.21. The topological polar surface area (TPSA) is 72.3 Å². The van der Waals surface area contributed by atoms with Gasteiger partial charge in [0.05, 0.1) is 28.9 Å². The largest absolute Gasteiger partial charge is 0.366 e. The Balaban J connectivity index is 1.39. The Bertz CT molecular complexity index is 1560. The quantitative estimate of drug-likeness (QED) is 0.272. The van der Waals surface area contributed by atoms with Crippen molar-refractivity contribution in [1.29, 1.82) is 5.26 Å². The number of hydrogen-bond donors (Lipinski definition) is 1. The number of halogens is 1. The lowest BCUT2D eigenvalue weighted by atomic mass is 9.99. The number of hydrogen-bond acceptors (Lipinski definition) is 5. The predicted molar refractivity (Wildman–Crippen MR) is 158 cm³/mol. The van der Waals surface area contributed by atoms with Crippen molar-refractivity contribution < 1.29 is 4.79 Å². The molecular weight excluding hydrogens is 550 g/mol. The van der Waals surface area contributed by atoms with Crippen molar-refractivity contribution in [2.75, 3.05) is 25.0 Å². The van der Waals surface area contributed by atoms with Gasteiger partial charge in [-0.05, 0) is 84.8 Å². The molecule has 6 rings (SSSR count). The van der Waals surface area contributed by atoms with E-state index in [2.05, 4.69) is 55.3 Å². The van der Waals surface area contributed by atoms with Crippen LogP contribution < -0.4 is 5.32 Å². The maximum Gasteiger partial charge on any atom is 0.255 e. The van der Waals surface area contributed by atoms with Gasteiger partial charge in [-0.3, -0.25) is 9.69 Å². The Hall–Kier alpha value is -3.73. The second-order valence-electron chi connectivity index (χ2n) is 10.3. The van der Waals surface area contributed by atoms with Gasteiger partial charge in [-0.2, -0.15) is 5.26 Å². The lowest BCUT2D eigenvalue weighted by molar-refractivity contribution is 0.0533.